The summed E-state index contributed by atoms with van der Waals surface area (Å²) in [5.74, 6) is -0.278. The lowest BCUT2D eigenvalue weighted by molar-refractivity contribution is -0.271. The van der Waals surface area contributed by atoms with Crippen LogP contribution in [0, 0.1) is 0 Å². The summed E-state index contributed by atoms with van der Waals surface area (Å²) in [5.41, 5.74) is 3.24. The first kappa shape index (κ1) is 18.2. The molecule has 0 aliphatic heterocycles. The van der Waals surface area contributed by atoms with Gasteiger partial charge in [0.25, 0.3) is 0 Å². The summed E-state index contributed by atoms with van der Waals surface area (Å²) in [5, 5.41) is 8.79. The van der Waals surface area contributed by atoms with Crippen molar-refractivity contribution in [3.63, 3.8) is 0 Å². The van der Waals surface area contributed by atoms with Gasteiger partial charge in [-0.1, -0.05) is 36.9 Å². The van der Waals surface area contributed by atoms with Crippen molar-refractivity contribution >= 4 is 11.6 Å². The van der Waals surface area contributed by atoms with Crippen molar-refractivity contribution < 1.29 is 24.5 Å². The lowest BCUT2D eigenvalue weighted by atomic mass is 9.83. The fraction of sp³-hybridized carbons (Fsp3) is 0.238. The molecule has 2 aromatic rings. The van der Waals surface area contributed by atoms with Gasteiger partial charge in [-0.05, 0) is 30.2 Å². The second kappa shape index (κ2) is 7.74. The molecule has 0 amide bonds. The monoisotopic (exact) mass is 352 g/mol. The average molecular weight is 352 g/mol. The maximum Gasteiger partial charge on any atom is 0.194 e. The van der Waals surface area contributed by atoms with Crippen molar-refractivity contribution in [2.24, 2.45) is 0 Å². The molecule has 26 heavy (non-hydrogen) atoms. The number of ether oxygens (including phenoxy) is 1. The smallest absolute Gasteiger partial charge is 0.194 e. The molecule has 2 aromatic carbocycles. The number of ketones is 2. The molecule has 0 heterocycles. The minimum Gasteiger partial charge on any atom is -0.377 e. The molecule has 5 nitrogen and oxygen atoms in total. The predicted octanol–water partition coefficient (Wildman–Crippen LogP) is 3.80. The first-order valence-electron chi connectivity index (χ1n) is 8.37. The van der Waals surface area contributed by atoms with E-state index in [2.05, 4.69) is 11.5 Å². The van der Waals surface area contributed by atoms with Crippen molar-refractivity contribution in [1.29, 1.82) is 0 Å². The Morgan fingerprint density at radius 1 is 1.04 bits per heavy atom. The quantitative estimate of drug-likeness (QED) is 0.303. The molecule has 1 aliphatic rings. The molecule has 0 spiro atoms. The average Bonchev–Trinajstić information content (AvgIpc) is 2.65. The van der Waals surface area contributed by atoms with Crippen LogP contribution in [-0.2, 0) is 16.2 Å². The van der Waals surface area contributed by atoms with Crippen LogP contribution in [0.15, 0.2) is 54.6 Å². The van der Waals surface area contributed by atoms with E-state index in [1.807, 2.05) is 0 Å². The molecule has 0 saturated carbocycles. The summed E-state index contributed by atoms with van der Waals surface area (Å²) in [6, 6.07) is 12.0. The van der Waals surface area contributed by atoms with Crippen LogP contribution in [-0.4, -0.2) is 29.5 Å². The van der Waals surface area contributed by atoms with Gasteiger partial charge in [0.05, 0.1) is 6.61 Å². The first-order chi connectivity index (χ1) is 12.5. The van der Waals surface area contributed by atoms with E-state index in [0.29, 0.717) is 47.5 Å². The highest BCUT2D eigenvalue weighted by atomic mass is 17.1. The topological polar surface area (TPSA) is 72.8 Å². The predicted molar refractivity (Wildman–Crippen MR) is 96.3 cm³/mol. The Morgan fingerprint density at radius 3 is 2.27 bits per heavy atom. The second-order valence-electron chi connectivity index (χ2n) is 6.37. The first-order valence-corrected chi connectivity index (χ1v) is 8.37. The van der Waals surface area contributed by atoms with Crippen LogP contribution < -0.4 is 0 Å². The molecule has 1 aliphatic carbocycles. The largest absolute Gasteiger partial charge is 0.377 e. The Bertz CT molecular complexity index is 868. The van der Waals surface area contributed by atoms with E-state index in [0.717, 1.165) is 5.56 Å². The van der Waals surface area contributed by atoms with Crippen LogP contribution >= 0.6 is 0 Å². The minimum absolute atomic E-state index is 0.132. The molecule has 5 heteroatoms. The molecule has 134 valence electrons. The van der Waals surface area contributed by atoms with Crippen LogP contribution in [0.25, 0.3) is 0 Å². The van der Waals surface area contributed by atoms with Gasteiger partial charge in [-0.2, -0.15) is 0 Å². The van der Waals surface area contributed by atoms with Gasteiger partial charge in [0.1, 0.15) is 6.10 Å². The van der Waals surface area contributed by atoms with Crippen LogP contribution in [0.5, 0.6) is 0 Å². The minimum atomic E-state index is -0.464. The fourth-order valence-corrected chi connectivity index (χ4v) is 3.01. The zero-order valence-electron chi connectivity index (χ0n) is 14.5. The Hall–Kier alpha value is -2.60. The Balaban J connectivity index is 1.70. The van der Waals surface area contributed by atoms with Crippen molar-refractivity contribution in [3.8, 4) is 0 Å². The maximum atomic E-state index is 12.7. The lowest BCUT2D eigenvalue weighted by Crippen LogP contribution is -2.21. The van der Waals surface area contributed by atoms with E-state index >= 15 is 0 Å². The number of hydrogen-bond donors (Lipinski definition) is 1. The number of benzene rings is 2. The van der Waals surface area contributed by atoms with Gasteiger partial charge in [-0.3, -0.25) is 14.8 Å². The molecule has 3 rings (SSSR count). The summed E-state index contributed by atoms with van der Waals surface area (Å²) in [4.78, 5) is 29.6. The molecular formula is C21H20O5. The van der Waals surface area contributed by atoms with Crippen LogP contribution in [0.2, 0.25) is 0 Å². The molecule has 0 bridgehead atoms. The van der Waals surface area contributed by atoms with Gasteiger partial charge in [-0.25, -0.2) is 4.89 Å². The second-order valence-corrected chi connectivity index (χ2v) is 6.37. The molecule has 0 aromatic heterocycles. The molecule has 1 unspecified atom stereocenters. The van der Waals surface area contributed by atoms with Crippen molar-refractivity contribution in [2.75, 3.05) is 6.61 Å². The highest BCUT2D eigenvalue weighted by molar-refractivity contribution is 6.28. The Morgan fingerprint density at radius 2 is 1.65 bits per heavy atom. The Labute approximate surface area is 151 Å². The van der Waals surface area contributed by atoms with E-state index in [1.165, 1.54) is 0 Å². The number of hydrogen-bond acceptors (Lipinski definition) is 5. The van der Waals surface area contributed by atoms with E-state index in [4.69, 9.17) is 9.99 Å². The molecule has 0 radical (unpaired) electrons. The SMILES string of the molecule is C=C(C)C(CCOCc1ccc2c(c1)C(=O)c1ccccc1C2=O)OO. The highest BCUT2D eigenvalue weighted by Crippen LogP contribution is 2.28. The third-order valence-electron chi connectivity index (χ3n) is 4.46. The lowest BCUT2D eigenvalue weighted by Gasteiger charge is -2.18. The number of rotatable bonds is 7. The number of fused-ring (bicyclic) bond motifs is 2. The van der Waals surface area contributed by atoms with Crippen molar-refractivity contribution in [2.45, 2.75) is 26.1 Å². The number of carbonyl (C=O) groups excluding carboxylic acids is 2. The van der Waals surface area contributed by atoms with Crippen LogP contribution in [0.4, 0.5) is 0 Å². The van der Waals surface area contributed by atoms with Gasteiger partial charge in [-0.15, -0.1) is 0 Å². The highest BCUT2D eigenvalue weighted by Gasteiger charge is 2.29. The van der Waals surface area contributed by atoms with Crippen LogP contribution in [0.1, 0.15) is 50.8 Å². The molecule has 0 fully saturated rings. The van der Waals surface area contributed by atoms with E-state index in [9.17, 15) is 9.59 Å². The molecule has 0 saturated heterocycles. The summed E-state index contributed by atoms with van der Waals surface area (Å²) >= 11 is 0. The standard InChI is InChI=1S/C21H20O5/c1-13(2)19(26-24)9-10-25-12-14-7-8-17-18(11-14)21(23)16-6-4-3-5-15(16)20(17)22/h3-8,11,19,24H,1,9-10,12H2,2H3. The summed E-state index contributed by atoms with van der Waals surface area (Å²) in [6.07, 6.45) is 0.0101. The summed E-state index contributed by atoms with van der Waals surface area (Å²) in [6.45, 7) is 6.17. The maximum absolute atomic E-state index is 12.7. The third kappa shape index (κ3) is 3.51. The Kier molecular flexibility index (Phi) is 5.42. The summed E-state index contributed by atoms with van der Waals surface area (Å²) < 4.78 is 5.60. The fourth-order valence-electron chi connectivity index (χ4n) is 3.01. The van der Waals surface area contributed by atoms with Gasteiger partial charge in [0.2, 0.25) is 0 Å². The van der Waals surface area contributed by atoms with E-state index in [-0.39, 0.29) is 11.6 Å². The summed E-state index contributed by atoms with van der Waals surface area (Å²) in [7, 11) is 0. The van der Waals surface area contributed by atoms with Gasteiger partial charge >= 0.3 is 0 Å². The number of carbonyl (C=O) groups is 2. The van der Waals surface area contributed by atoms with E-state index in [1.54, 1.807) is 49.4 Å². The van der Waals surface area contributed by atoms with Crippen molar-refractivity contribution in [3.05, 3.63) is 82.4 Å². The van der Waals surface area contributed by atoms with Crippen LogP contribution in [0.3, 0.4) is 0 Å². The molecule has 1 atom stereocenters. The van der Waals surface area contributed by atoms with E-state index < -0.39 is 6.10 Å². The van der Waals surface area contributed by atoms with Gasteiger partial charge in [0.15, 0.2) is 11.6 Å². The zero-order valence-corrected chi connectivity index (χ0v) is 14.5. The molecular weight excluding hydrogens is 332 g/mol. The third-order valence-corrected chi connectivity index (χ3v) is 4.46. The normalized spacial score (nSPS) is 13.9. The van der Waals surface area contributed by atoms with Gasteiger partial charge < -0.3 is 4.74 Å². The molecule has 1 N–H and O–H groups in total. The van der Waals surface area contributed by atoms with Gasteiger partial charge in [0, 0.05) is 35.3 Å². The zero-order chi connectivity index (χ0) is 18.7. The van der Waals surface area contributed by atoms with Crippen molar-refractivity contribution in [1.82, 2.24) is 0 Å².